The lowest BCUT2D eigenvalue weighted by Crippen LogP contribution is -2.30. The zero-order valence-corrected chi connectivity index (χ0v) is 13.6. The topological polar surface area (TPSA) is 43.8 Å². The van der Waals surface area contributed by atoms with E-state index >= 15 is 0 Å². The molecule has 1 aliphatic rings. The molecule has 3 nitrogen and oxygen atoms in total. The fourth-order valence-corrected chi connectivity index (χ4v) is 3.02. The van der Waals surface area contributed by atoms with Crippen molar-refractivity contribution in [3.63, 3.8) is 0 Å². The number of hydrogen-bond acceptors (Lipinski definition) is 2. The summed E-state index contributed by atoms with van der Waals surface area (Å²) in [5, 5.41) is 4.74. The van der Waals surface area contributed by atoms with Gasteiger partial charge in [-0.25, -0.2) is 0 Å². The molecule has 0 spiro atoms. The Balaban J connectivity index is 1.86. The lowest BCUT2D eigenvalue weighted by atomic mass is 9.78. The highest BCUT2D eigenvalue weighted by molar-refractivity contribution is 5.02. The van der Waals surface area contributed by atoms with Gasteiger partial charge in [-0.05, 0) is 36.7 Å². The summed E-state index contributed by atoms with van der Waals surface area (Å²) in [7, 11) is 0. The van der Waals surface area contributed by atoms with Crippen LogP contribution in [0.3, 0.4) is 0 Å². The molecule has 0 radical (unpaired) electrons. The van der Waals surface area contributed by atoms with E-state index in [1.165, 1.54) is 25.7 Å². The van der Waals surface area contributed by atoms with Gasteiger partial charge in [0.1, 0.15) is 0 Å². The second-order valence-corrected chi connectivity index (χ2v) is 7.69. The first kappa shape index (κ1) is 15.6. The number of nitrogens with zero attached hydrogens (tertiary/aromatic N) is 2. The van der Waals surface area contributed by atoms with Crippen molar-refractivity contribution in [1.82, 2.24) is 9.78 Å². The molecule has 3 heteroatoms. The Labute approximate surface area is 123 Å². The van der Waals surface area contributed by atoms with Crippen LogP contribution in [0, 0.1) is 11.3 Å². The Morgan fingerprint density at radius 1 is 1.35 bits per heavy atom. The molecule has 114 valence electrons. The van der Waals surface area contributed by atoms with Gasteiger partial charge in [-0.1, -0.05) is 40.5 Å². The molecule has 0 aliphatic heterocycles. The monoisotopic (exact) mass is 277 g/mol. The summed E-state index contributed by atoms with van der Waals surface area (Å²) in [5.74, 6) is 0.634. The van der Waals surface area contributed by atoms with Crippen LogP contribution in [0.2, 0.25) is 0 Å². The van der Waals surface area contributed by atoms with Crippen molar-refractivity contribution in [1.29, 1.82) is 0 Å². The van der Waals surface area contributed by atoms with Crippen LogP contribution in [-0.4, -0.2) is 15.8 Å². The molecule has 0 bridgehead atoms. The van der Waals surface area contributed by atoms with Crippen molar-refractivity contribution >= 4 is 0 Å². The second-order valence-electron chi connectivity index (χ2n) is 7.69. The summed E-state index contributed by atoms with van der Waals surface area (Å²) in [5.41, 5.74) is 7.81. The average molecular weight is 277 g/mol. The van der Waals surface area contributed by atoms with E-state index in [1.54, 1.807) is 0 Å². The maximum Gasteiger partial charge on any atom is 0.0640 e. The van der Waals surface area contributed by atoms with Gasteiger partial charge in [0.15, 0.2) is 0 Å². The highest BCUT2D eigenvalue weighted by Gasteiger charge is 2.23. The molecule has 0 saturated heterocycles. The highest BCUT2D eigenvalue weighted by atomic mass is 15.3. The first-order chi connectivity index (χ1) is 9.36. The first-order valence-corrected chi connectivity index (χ1v) is 8.16. The minimum absolute atomic E-state index is 0.219. The molecule has 2 N–H and O–H groups in total. The van der Waals surface area contributed by atoms with E-state index in [2.05, 4.69) is 44.6 Å². The zero-order valence-electron chi connectivity index (χ0n) is 13.6. The standard InChI is InChI=1S/C17H31N3/c1-13(17(2,3)4)11-14(18)12-15-9-10-20(19-15)16-7-5-6-8-16/h9-10,13-14,16H,5-8,11-12,18H2,1-4H3. The average Bonchev–Trinajstić information content (AvgIpc) is 2.96. The molecule has 1 aromatic heterocycles. The molecule has 1 heterocycles. The molecular formula is C17H31N3. The lowest BCUT2D eigenvalue weighted by molar-refractivity contribution is 0.232. The molecule has 20 heavy (non-hydrogen) atoms. The quantitative estimate of drug-likeness (QED) is 0.886. The summed E-state index contributed by atoms with van der Waals surface area (Å²) in [4.78, 5) is 0. The summed E-state index contributed by atoms with van der Waals surface area (Å²) in [6, 6.07) is 3.00. The molecule has 0 aromatic carbocycles. The van der Waals surface area contributed by atoms with Gasteiger partial charge in [-0.15, -0.1) is 0 Å². The van der Waals surface area contributed by atoms with E-state index in [-0.39, 0.29) is 6.04 Å². The largest absolute Gasteiger partial charge is 0.327 e. The fourth-order valence-electron chi connectivity index (χ4n) is 3.02. The smallest absolute Gasteiger partial charge is 0.0640 e. The first-order valence-electron chi connectivity index (χ1n) is 8.16. The number of rotatable bonds is 5. The van der Waals surface area contributed by atoms with Gasteiger partial charge >= 0.3 is 0 Å². The van der Waals surface area contributed by atoms with Crippen molar-refractivity contribution in [2.45, 2.75) is 78.3 Å². The second kappa shape index (κ2) is 6.30. The van der Waals surface area contributed by atoms with Gasteiger partial charge in [0, 0.05) is 18.7 Å². The Hall–Kier alpha value is -0.830. The predicted molar refractivity (Wildman–Crippen MR) is 84.6 cm³/mol. The van der Waals surface area contributed by atoms with E-state index in [9.17, 15) is 0 Å². The molecule has 1 saturated carbocycles. The van der Waals surface area contributed by atoms with Gasteiger partial charge in [-0.2, -0.15) is 5.10 Å². The summed E-state index contributed by atoms with van der Waals surface area (Å²) < 4.78 is 2.17. The van der Waals surface area contributed by atoms with E-state index in [0.29, 0.717) is 17.4 Å². The van der Waals surface area contributed by atoms with Crippen molar-refractivity contribution in [3.05, 3.63) is 18.0 Å². The Kier molecular flexibility index (Phi) is 4.90. The van der Waals surface area contributed by atoms with E-state index in [1.807, 2.05) is 0 Å². The maximum atomic E-state index is 6.32. The van der Waals surface area contributed by atoms with Gasteiger partial charge < -0.3 is 5.73 Å². The van der Waals surface area contributed by atoms with Crippen LogP contribution >= 0.6 is 0 Å². The van der Waals surface area contributed by atoms with Crippen LogP contribution < -0.4 is 5.73 Å². The third-order valence-corrected chi connectivity index (χ3v) is 4.97. The van der Waals surface area contributed by atoms with Crippen LogP contribution in [-0.2, 0) is 6.42 Å². The Morgan fingerprint density at radius 3 is 2.60 bits per heavy atom. The molecule has 1 aliphatic carbocycles. The van der Waals surface area contributed by atoms with Gasteiger partial charge in [0.25, 0.3) is 0 Å². The van der Waals surface area contributed by atoms with Gasteiger partial charge in [0.2, 0.25) is 0 Å². The predicted octanol–water partition coefficient (Wildman–Crippen LogP) is 3.94. The maximum absolute atomic E-state index is 6.32. The van der Waals surface area contributed by atoms with Crippen molar-refractivity contribution < 1.29 is 0 Å². The molecular weight excluding hydrogens is 246 g/mol. The van der Waals surface area contributed by atoms with Crippen LogP contribution in [0.5, 0.6) is 0 Å². The minimum atomic E-state index is 0.219. The van der Waals surface area contributed by atoms with Crippen LogP contribution in [0.4, 0.5) is 0 Å². The van der Waals surface area contributed by atoms with Gasteiger partial charge in [-0.3, -0.25) is 4.68 Å². The molecule has 2 atom stereocenters. The van der Waals surface area contributed by atoms with Crippen LogP contribution in [0.1, 0.15) is 71.5 Å². The van der Waals surface area contributed by atoms with Crippen molar-refractivity contribution in [2.24, 2.45) is 17.1 Å². The van der Waals surface area contributed by atoms with Gasteiger partial charge in [0.05, 0.1) is 11.7 Å². The van der Waals surface area contributed by atoms with Crippen molar-refractivity contribution in [2.75, 3.05) is 0 Å². The van der Waals surface area contributed by atoms with E-state index in [4.69, 9.17) is 10.8 Å². The van der Waals surface area contributed by atoms with E-state index < -0.39 is 0 Å². The molecule has 1 aromatic rings. The third-order valence-electron chi connectivity index (χ3n) is 4.97. The summed E-state index contributed by atoms with van der Waals surface area (Å²) >= 11 is 0. The fraction of sp³-hybridized carbons (Fsp3) is 0.824. The van der Waals surface area contributed by atoms with Crippen LogP contribution in [0.15, 0.2) is 12.3 Å². The number of nitrogens with two attached hydrogens (primary N) is 1. The normalized spacial score (nSPS) is 20.2. The third kappa shape index (κ3) is 4.08. The number of hydrogen-bond donors (Lipinski definition) is 1. The van der Waals surface area contributed by atoms with E-state index in [0.717, 1.165) is 18.5 Å². The molecule has 0 amide bonds. The number of aromatic nitrogens is 2. The van der Waals surface area contributed by atoms with Crippen LogP contribution in [0.25, 0.3) is 0 Å². The highest BCUT2D eigenvalue weighted by Crippen LogP contribution is 2.30. The van der Waals surface area contributed by atoms with Crippen molar-refractivity contribution in [3.8, 4) is 0 Å². The Bertz CT molecular complexity index is 410. The lowest BCUT2D eigenvalue weighted by Gasteiger charge is -2.29. The minimum Gasteiger partial charge on any atom is -0.327 e. The molecule has 2 rings (SSSR count). The zero-order chi connectivity index (χ0) is 14.8. The SMILES string of the molecule is CC(CC(N)Cc1ccn(C2CCCC2)n1)C(C)(C)C. The summed E-state index contributed by atoms with van der Waals surface area (Å²) in [6.07, 6.45) is 9.39. The summed E-state index contributed by atoms with van der Waals surface area (Å²) in [6.45, 7) is 9.18. The molecule has 2 unspecified atom stereocenters. The Morgan fingerprint density at radius 2 is 2.00 bits per heavy atom. The molecule has 1 fully saturated rings.